The summed E-state index contributed by atoms with van der Waals surface area (Å²) in [6.45, 7) is 4.60. The fourth-order valence-corrected chi connectivity index (χ4v) is 4.47. The van der Waals surface area contributed by atoms with Gasteiger partial charge in [0, 0.05) is 24.0 Å². The van der Waals surface area contributed by atoms with E-state index >= 15 is 0 Å². The summed E-state index contributed by atoms with van der Waals surface area (Å²) in [5.41, 5.74) is 3.01. The maximum absolute atomic E-state index is 13.6. The molecule has 0 saturated carbocycles. The number of rotatable bonds is 11. The van der Waals surface area contributed by atoms with E-state index in [1.165, 1.54) is 0 Å². The molecule has 0 aliphatic rings. The number of benzene rings is 3. The first-order valence-electron chi connectivity index (χ1n) is 11.6. The van der Waals surface area contributed by atoms with Gasteiger partial charge in [-0.3, -0.25) is 9.59 Å². The molecule has 0 radical (unpaired) electrons. The quantitative estimate of drug-likeness (QED) is 0.317. The van der Waals surface area contributed by atoms with E-state index in [2.05, 4.69) is 21.2 Å². The van der Waals surface area contributed by atoms with Crippen molar-refractivity contribution < 1.29 is 14.3 Å². The van der Waals surface area contributed by atoms with Crippen LogP contribution >= 0.6 is 27.5 Å². The number of carbonyl (C=O) groups excluding carboxylic acids is 2. The lowest BCUT2D eigenvalue weighted by atomic mass is 10.0. The highest BCUT2D eigenvalue weighted by molar-refractivity contribution is 9.10. The van der Waals surface area contributed by atoms with Gasteiger partial charge in [-0.05, 0) is 42.7 Å². The molecule has 3 aromatic rings. The van der Waals surface area contributed by atoms with E-state index in [-0.39, 0.29) is 25.0 Å². The van der Waals surface area contributed by atoms with Crippen LogP contribution in [0.2, 0.25) is 5.02 Å². The standard InChI is InChI=1S/C28H30BrClN2O3/c1-3-14-31-28(34)25(16-21-9-5-4-6-10-21)32(18-22-11-7-8-20(2)15-22)27(33)19-35-26-13-12-23(29)17-24(26)30/h4-13,15,17,25H,3,14,16,18-19H2,1-2H3,(H,31,34)/t25-/m1/s1. The van der Waals surface area contributed by atoms with Crippen molar-refractivity contribution in [3.05, 3.63) is 99.0 Å². The summed E-state index contributed by atoms with van der Waals surface area (Å²) in [6.07, 6.45) is 1.20. The van der Waals surface area contributed by atoms with E-state index in [1.54, 1.807) is 23.1 Å². The van der Waals surface area contributed by atoms with Crippen LogP contribution in [-0.2, 0) is 22.6 Å². The van der Waals surface area contributed by atoms with Gasteiger partial charge in [0.15, 0.2) is 6.61 Å². The molecule has 0 aliphatic carbocycles. The molecule has 0 saturated heterocycles. The third-order valence-corrected chi connectivity index (χ3v) is 6.29. The Bertz CT molecular complexity index is 1140. The largest absolute Gasteiger partial charge is 0.482 e. The third-order valence-electron chi connectivity index (χ3n) is 5.50. The van der Waals surface area contributed by atoms with Crippen LogP contribution in [0.15, 0.2) is 77.3 Å². The fourth-order valence-electron chi connectivity index (χ4n) is 3.74. The molecule has 0 unspecified atom stereocenters. The van der Waals surface area contributed by atoms with Gasteiger partial charge in [0.2, 0.25) is 5.91 Å². The Hall–Kier alpha value is -2.83. The SMILES string of the molecule is CCCNC(=O)[C@@H](Cc1ccccc1)N(Cc1cccc(C)c1)C(=O)COc1ccc(Br)cc1Cl. The molecule has 5 nitrogen and oxygen atoms in total. The average Bonchev–Trinajstić information content (AvgIpc) is 2.84. The highest BCUT2D eigenvalue weighted by atomic mass is 79.9. The van der Waals surface area contributed by atoms with Crippen LogP contribution < -0.4 is 10.1 Å². The van der Waals surface area contributed by atoms with Crippen LogP contribution in [0.25, 0.3) is 0 Å². The van der Waals surface area contributed by atoms with Crippen molar-refractivity contribution in [1.29, 1.82) is 0 Å². The first-order chi connectivity index (χ1) is 16.9. The highest BCUT2D eigenvalue weighted by Gasteiger charge is 2.30. The zero-order valence-corrected chi connectivity index (χ0v) is 22.3. The van der Waals surface area contributed by atoms with Crippen LogP contribution in [0.4, 0.5) is 0 Å². The first kappa shape index (κ1) is 26.8. The molecule has 35 heavy (non-hydrogen) atoms. The van der Waals surface area contributed by atoms with E-state index in [1.807, 2.05) is 68.4 Å². The van der Waals surface area contributed by atoms with Crippen molar-refractivity contribution in [2.75, 3.05) is 13.2 Å². The van der Waals surface area contributed by atoms with Gasteiger partial charge in [-0.2, -0.15) is 0 Å². The Balaban J connectivity index is 1.90. The fraction of sp³-hybridized carbons (Fsp3) is 0.286. The molecular weight excluding hydrogens is 528 g/mol. The van der Waals surface area contributed by atoms with E-state index < -0.39 is 6.04 Å². The molecular formula is C28H30BrClN2O3. The van der Waals surface area contributed by atoms with E-state index in [4.69, 9.17) is 16.3 Å². The average molecular weight is 558 g/mol. The third kappa shape index (κ3) is 8.11. The van der Waals surface area contributed by atoms with Crippen LogP contribution in [0.5, 0.6) is 5.75 Å². The number of hydrogen-bond acceptors (Lipinski definition) is 3. The predicted octanol–water partition coefficient (Wildman–Crippen LogP) is 5.96. The van der Waals surface area contributed by atoms with Crippen molar-refractivity contribution >= 4 is 39.3 Å². The summed E-state index contributed by atoms with van der Waals surface area (Å²) in [7, 11) is 0. The van der Waals surface area contributed by atoms with Crippen molar-refractivity contribution in [1.82, 2.24) is 10.2 Å². The lowest BCUT2D eigenvalue weighted by Gasteiger charge is -2.31. The summed E-state index contributed by atoms with van der Waals surface area (Å²) in [4.78, 5) is 28.5. The van der Waals surface area contributed by atoms with Crippen LogP contribution in [0.1, 0.15) is 30.0 Å². The number of halogens is 2. The van der Waals surface area contributed by atoms with Crippen molar-refractivity contribution in [2.24, 2.45) is 0 Å². The zero-order valence-electron chi connectivity index (χ0n) is 20.0. The molecule has 0 spiro atoms. The Morgan fingerprint density at radius 3 is 2.46 bits per heavy atom. The highest BCUT2D eigenvalue weighted by Crippen LogP contribution is 2.28. The van der Waals surface area contributed by atoms with Gasteiger partial charge in [-0.15, -0.1) is 0 Å². The Labute approximate surface area is 220 Å². The molecule has 2 amide bonds. The molecule has 0 fully saturated rings. The Morgan fingerprint density at radius 1 is 1.03 bits per heavy atom. The molecule has 0 heterocycles. The van der Waals surface area contributed by atoms with Gasteiger partial charge < -0.3 is 15.0 Å². The van der Waals surface area contributed by atoms with Gasteiger partial charge in [0.25, 0.3) is 5.91 Å². The molecule has 184 valence electrons. The minimum atomic E-state index is -0.694. The summed E-state index contributed by atoms with van der Waals surface area (Å²) < 4.78 is 6.60. The van der Waals surface area contributed by atoms with Crippen LogP contribution in [-0.4, -0.2) is 35.9 Å². The maximum Gasteiger partial charge on any atom is 0.261 e. The Kier molecular flexibility index (Phi) is 10.2. The second kappa shape index (κ2) is 13.3. The summed E-state index contributed by atoms with van der Waals surface area (Å²) in [5.74, 6) is -0.0646. The molecule has 1 atom stereocenters. The lowest BCUT2D eigenvalue weighted by Crippen LogP contribution is -2.51. The second-order valence-corrected chi connectivity index (χ2v) is 9.69. The Morgan fingerprint density at radius 2 is 1.77 bits per heavy atom. The first-order valence-corrected chi connectivity index (χ1v) is 12.8. The smallest absolute Gasteiger partial charge is 0.261 e. The van der Waals surface area contributed by atoms with E-state index in [0.717, 1.165) is 27.6 Å². The monoisotopic (exact) mass is 556 g/mol. The predicted molar refractivity (Wildman–Crippen MR) is 144 cm³/mol. The van der Waals surface area contributed by atoms with Gasteiger partial charge in [0.05, 0.1) is 5.02 Å². The molecule has 0 aliphatic heterocycles. The maximum atomic E-state index is 13.6. The normalized spacial score (nSPS) is 11.5. The van der Waals surface area contributed by atoms with Gasteiger partial charge in [-0.25, -0.2) is 0 Å². The number of nitrogens with zero attached hydrogens (tertiary/aromatic N) is 1. The van der Waals surface area contributed by atoms with Crippen molar-refractivity contribution in [2.45, 2.75) is 39.3 Å². The minimum absolute atomic E-state index is 0.182. The van der Waals surface area contributed by atoms with Crippen molar-refractivity contribution in [3.63, 3.8) is 0 Å². The topological polar surface area (TPSA) is 58.6 Å². The zero-order chi connectivity index (χ0) is 25.2. The molecule has 3 aromatic carbocycles. The number of carbonyl (C=O) groups is 2. The number of aryl methyl sites for hydroxylation is 1. The van der Waals surface area contributed by atoms with Gasteiger partial charge >= 0.3 is 0 Å². The van der Waals surface area contributed by atoms with Gasteiger partial charge in [0.1, 0.15) is 11.8 Å². The van der Waals surface area contributed by atoms with Crippen LogP contribution in [0, 0.1) is 6.92 Å². The lowest BCUT2D eigenvalue weighted by molar-refractivity contribution is -0.142. The number of amides is 2. The number of ether oxygens (including phenoxy) is 1. The minimum Gasteiger partial charge on any atom is -0.482 e. The van der Waals surface area contributed by atoms with E-state index in [9.17, 15) is 9.59 Å². The van der Waals surface area contributed by atoms with Gasteiger partial charge in [-0.1, -0.05) is 94.6 Å². The molecule has 3 rings (SSSR count). The number of hydrogen-bond donors (Lipinski definition) is 1. The number of nitrogens with one attached hydrogen (secondary N) is 1. The van der Waals surface area contributed by atoms with Crippen LogP contribution in [0.3, 0.4) is 0 Å². The summed E-state index contributed by atoms with van der Waals surface area (Å²) in [6, 6.07) is 22.2. The molecule has 0 bridgehead atoms. The second-order valence-electron chi connectivity index (χ2n) is 8.37. The molecule has 7 heteroatoms. The molecule has 1 N–H and O–H groups in total. The van der Waals surface area contributed by atoms with E-state index in [0.29, 0.717) is 23.7 Å². The molecule has 0 aromatic heterocycles. The summed E-state index contributed by atoms with van der Waals surface area (Å²) >= 11 is 9.64. The summed E-state index contributed by atoms with van der Waals surface area (Å²) in [5, 5.41) is 3.38. The van der Waals surface area contributed by atoms with Crippen molar-refractivity contribution in [3.8, 4) is 5.75 Å².